The molecule has 0 bridgehead atoms. The van der Waals surface area contributed by atoms with Crippen molar-refractivity contribution in [2.45, 2.75) is 39.0 Å². The first-order valence-corrected chi connectivity index (χ1v) is 6.79. The van der Waals surface area contributed by atoms with Crippen LogP contribution in [0.3, 0.4) is 0 Å². The Morgan fingerprint density at radius 3 is 2.53 bits per heavy atom. The monoisotopic (exact) mass is 262 g/mol. The second-order valence-corrected chi connectivity index (χ2v) is 6.00. The van der Waals surface area contributed by atoms with E-state index in [2.05, 4.69) is 13.8 Å². The highest BCUT2D eigenvalue weighted by Crippen LogP contribution is 2.53. The maximum absolute atomic E-state index is 11.8. The van der Waals surface area contributed by atoms with Gasteiger partial charge in [0, 0.05) is 5.56 Å². The molecule has 2 rings (SSSR count). The van der Waals surface area contributed by atoms with Crippen LogP contribution in [0.2, 0.25) is 0 Å². The molecule has 0 atom stereocenters. The molecule has 0 saturated heterocycles. The number of carbonyl (C=O) groups is 1. The minimum absolute atomic E-state index is 0.487. The topological polar surface area (TPSA) is 46.5 Å². The van der Waals surface area contributed by atoms with E-state index in [1.807, 2.05) is 25.1 Å². The van der Waals surface area contributed by atoms with Crippen LogP contribution in [-0.2, 0) is 10.2 Å². The number of benzene rings is 1. The summed E-state index contributed by atoms with van der Waals surface area (Å²) in [6.45, 7) is 6.30. The smallest absolute Gasteiger partial charge is 0.314 e. The van der Waals surface area contributed by atoms with Gasteiger partial charge in [-0.15, -0.1) is 0 Å². The standard InChI is InChI=1S/C16H22O3/c1-10(2)12-8-16(9-12,15(17)18)13-7-11(3)5-6-14(13)19-4/h5-7,10,12H,8-9H2,1-4H3,(H,17,18). The maximum Gasteiger partial charge on any atom is 0.314 e. The average Bonchev–Trinajstić information content (AvgIpc) is 2.27. The van der Waals surface area contributed by atoms with Gasteiger partial charge in [-0.1, -0.05) is 31.5 Å². The van der Waals surface area contributed by atoms with Crippen molar-refractivity contribution in [3.63, 3.8) is 0 Å². The molecule has 0 unspecified atom stereocenters. The fourth-order valence-corrected chi connectivity index (χ4v) is 3.01. The van der Waals surface area contributed by atoms with Crippen LogP contribution in [0.25, 0.3) is 0 Å². The number of methoxy groups -OCH3 is 1. The van der Waals surface area contributed by atoms with Crippen LogP contribution >= 0.6 is 0 Å². The predicted octanol–water partition coefficient (Wildman–Crippen LogP) is 3.39. The number of hydrogen-bond acceptors (Lipinski definition) is 2. The molecule has 1 saturated carbocycles. The first-order chi connectivity index (χ1) is 8.90. The van der Waals surface area contributed by atoms with Crippen LogP contribution in [0.5, 0.6) is 5.75 Å². The van der Waals surface area contributed by atoms with Gasteiger partial charge in [-0.3, -0.25) is 4.79 Å². The van der Waals surface area contributed by atoms with Crippen LogP contribution in [-0.4, -0.2) is 18.2 Å². The molecule has 0 heterocycles. The van der Waals surface area contributed by atoms with Gasteiger partial charge in [-0.25, -0.2) is 0 Å². The number of aryl methyl sites for hydroxylation is 1. The fourth-order valence-electron chi connectivity index (χ4n) is 3.01. The molecule has 104 valence electrons. The minimum Gasteiger partial charge on any atom is -0.496 e. The Morgan fingerprint density at radius 1 is 1.42 bits per heavy atom. The molecule has 0 spiro atoms. The van der Waals surface area contributed by atoms with Crippen molar-refractivity contribution in [3.05, 3.63) is 29.3 Å². The predicted molar refractivity (Wildman–Crippen MR) is 74.6 cm³/mol. The second-order valence-electron chi connectivity index (χ2n) is 6.00. The van der Waals surface area contributed by atoms with Crippen molar-refractivity contribution in [1.29, 1.82) is 0 Å². The molecule has 1 aliphatic carbocycles. The molecule has 0 aromatic heterocycles. The van der Waals surface area contributed by atoms with Crippen molar-refractivity contribution in [3.8, 4) is 5.75 Å². The Hall–Kier alpha value is -1.51. The number of aliphatic carboxylic acids is 1. The Kier molecular flexibility index (Phi) is 3.57. The Balaban J connectivity index is 2.42. The van der Waals surface area contributed by atoms with E-state index in [1.165, 1.54) is 0 Å². The Morgan fingerprint density at radius 2 is 2.05 bits per heavy atom. The van der Waals surface area contributed by atoms with Crippen molar-refractivity contribution in [2.75, 3.05) is 7.11 Å². The van der Waals surface area contributed by atoms with Crippen LogP contribution in [0, 0.1) is 18.8 Å². The lowest BCUT2D eigenvalue weighted by Gasteiger charge is -2.47. The third-order valence-electron chi connectivity index (χ3n) is 4.44. The minimum atomic E-state index is -0.758. The van der Waals surface area contributed by atoms with Gasteiger partial charge in [0.1, 0.15) is 5.75 Å². The molecule has 3 heteroatoms. The molecule has 1 aliphatic rings. The van der Waals surface area contributed by atoms with E-state index in [0.717, 1.165) is 11.1 Å². The summed E-state index contributed by atoms with van der Waals surface area (Å²) in [4.78, 5) is 11.8. The van der Waals surface area contributed by atoms with Gasteiger partial charge in [-0.05, 0) is 37.7 Å². The lowest BCUT2D eigenvalue weighted by molar-refractivity contribution is -0.150. The number of carboxylic acid groups (broad SMARTS) is 1. The molecule has 0 aliphatic heterocycles. The molecular weight excluding hydrogens is 240 g/mol. The van der Waals surface area contributed by atoms with Crippen molar-refractivity contribution < 1.29 is 14.6 Å². The summed E-state index contributed by atoms with van der Waals surface area (Å²) in [5, 5.41) is 9.69. The van der Waals surface area contributed by atoms with E-state index in [0.29, 0.717) is 30.4 Å². The first-order valence-electron chi connectivity index (χ1n) is 6.79. The van der Waals surface area contributed by atoms with E-state index in [-0.39, 0.29) is 0 Å². The Labute approximate surface area is 114 Å². The van der Waals surface area contributed by atoms with E-state index < -0.39 is 11.4 Å². The van der Waals surface area contributed by atoms with Crippen LogP contribution < -0.4 is 4.74 Å². The van der Waals surface area contributed by atoms with Crippen molar-refractivity contribution >= 4 is 5.97 Å². The molecule has 0 amide bonds. The first kappa shape index (κ1) is 13.9. The number of carboxylic acids is 1. The summed E-state index contributed by atoms with van der Waals surface area (Å²) in [6, 6.07) is 5.79. The largest absolute Gasteiger partial charge is 0.496 e. The SMILES string of the molecule is COc1ccc(C)cc1C1(C(=O)O)CC(C(C)C)C1. The summed E-state index contributed by atoms with van der Waals surface area (Å²) in [6.07, 6.45) is 1.42. The molecule has 1 fully saturated rings. The highest BCUT2D eigenvalue weighted by Gasteiger charge is 2.53. The third-order valence-corrected chi connectivity index (χ3v) is 4.44. The van der Waals surface area contributed by atoms with Crippen LogP contribution in [0.15, 0.2) is 18.2 Å². The molecular formula is C16H22O3. The summed E-state index contributed by atoms with van der Waals surface area (Å²) >= 11 is 0. The zero-order valence-corrected chi connectivity index (χ0v) is 12.1. The number of hydrogen-bond donors (Lipinski definition) is 1. The van der Waals surface area contributed by atoms with Gasteiger partial charge in [-0.2, -0.15) is 0 Å². The number of rotatable bonds is 4. The average molecular weight is 262 g/mol. The molecule has 1 aromatic carbocycles. The summed E-state index contributed by atoms with van der Waals surface area (Å²) in [5.41, 5.74) is 1.15. The second kappa shape index (κ2) is 4.87. The van der Waals surface area contributed by atoms with Gasteiger partial charge in [0.25, 0.3) is 0 Å². The van der Waals surface area contributed by atoms with Gasteiger partial charge in [0.15, 0.2) is 0 Å². The van der Waals surface area contributed by atoms with Gasteiger partial charge in [0.2, 0.25) is 0 Å². The van der Waals surface area contributed by atoms with E-state index >= 15 is 0 Å². The van der Waals surface area contributed by atoms with E-state index in [4.69, 9.17) is 4.74 Å². The van der Waals surface area contributed by atoms with Gasteiger partial charge >= 0.3 is 5.97 Å². The normalized spacial score (nSPS) is 26.1. The van der Waals surface area contributed by atoms with E-state index in [1.54, 1.807) is 7.11 Å². The third kappa shape index (κ3) is 2.22. The zero-order chi connectivity index (χ0) is 14.2. The van der Waals surface area contributed by atoms with Gasteiger partial charge < -0.3 is 9.84 Å². The van der Waals surface area contributed by atoms with Crippen LogP contribution in [0.1, 0.15) is 37.8 Å². The van der Waals surface area contributed by atoms with Crippen molar-refractivity contribution in [1.82, 2.24) is 0 Å². The zero-order valence-electron chi connectivity index (χ0n) is 12.1. The number of ether oxygens (including phenoxy) is 1. The van der Waals surface area contributed by atoms with Gasteiger partial charge in [0.05, 0.1) is 12.5 Å². The summed E-state index contributed by atoms with van der Waals surface area (Å²) in [7, 11) is 1.60. The Bertz CT molecular complexity index is 485. The lowest BCUT2D eigenvalue weighted by Crippen LogP contribution is -2.49. The molecule has 3 nitrogen and oxygen atoms in total. The highest BCUT2D eigenvalue weighted by atomic mass is 16.5. The quantitative estimate of drug-likeness (QED) is 0.904. The maximum atomic E-state index is 11.8. The molecule has 19 heavy (non-hydrogen) atoms. The summed E-state index contributed by atoms with van der Waals surface area (Å²) in [5.74, 6) is 0.980. The van der Waals surface area contributed by atoms with Crippen LogP contribution in [0.4, 0.5) is 0 Å². The summed E-state index contributed by atoms with van der Waals surface area (Å²) < 4.78 is 5.36. The molecule has 0 radical (unpaired) electrons. The van der Waals surface area contributed by atoms with Crippen molar-refractivity contribution in [2.24, 2.45) is 11.8 Å². The highest BCUT2D eigenvalue weighted by molar-refractivity contribution is 5.84. The molecule has 1 N–H and O–H groups in total. The lowest BCUT2D eigenvalue weighted by atomic mass is 9.55. The molecule has 1 aromatic rings. The fraction of sp³-hybridized carbons (Fsp3) is 0.562. The van der Waals surface area contributed by atoms with E-state index in [9.17, 15) is 9.90 Å².